The monoisotopic (exact) mass is 152 g/mol. The minimum Gasteiger partial charge on any atom is -0.282 e. The highest BCUT2D eigenvalue weighted by Crippen LogP contribution is 2.09. The first-order chi connectivity index (χ1) is 5.25. The first-order valence-electron chi connectivity index (χ1n) is 3.59. The van der Waals surface area contributed by atoms with Crippen LogP contribution in [-0.4, -0.2) is 16.7 Å². The summed E-state index contributed by atoms with van der Waals surface area (Å²) in [7, 11) is 0. The minimum absolute atomic E-state index is 0.557. The number of hydrogen-bond acceptors (Lipinski definition) is 3. The lowest BCUT2D eigenvalue weighted by Gasteiger charge is -1.94. The summed E-state index contributed by atoms with van der Waals surface area (Å²) in [5.41, 5.74) is 9.94. The first-order valence-corrected chi connectivity index (χ1v) is 3.59. The van der Waals surface area contributed by atoms with Gasteiger partial charge in [0.2, 0.25) is 0 Å². The molecule has 1 aromatic rings. The number of rotatable bonds is 3. The van der Waals surface area contributed by atoms with Crippen molar-refractivity contribution in [3.63, 3.8) is 0 Å². The van der Waals surface area contributed by atoms with E-state index in [2.05, 4.69) is 15.3 Å². The SMILES string of the molecule is Cc1n[nH]c(C)c1CCN=N. The zero-order valence-electron chi connectivity index (χ0n) is 6.81. The Balaban J connectivity index is 2.74. The maximum Gasteiger partial charge on any atom is 0.0638 e. The van der Waals surface area contributed by atoms with Crippen molar-refractivity contribution >= 4 is 0 Å². The molecular weight excluding hydrogens is 140 g/mol. The van der Waals surface area contributed by atoms with Gasteiger partial charge in [0.25, 0.3) is 0 Å². The van der Waals surface area contributed by atoms with Crippen molar-refractivity contribution in [3.8, 4) is 0 Å². The van der Waals surface area contributed by atoms with Crippen LogP contribution in [0.25, 0.3) is 0 Å². The Hall–Kier alpha value is -1.19. The fourth-order valence-corrected chi connectivity index (χ4v) is 1.11. The Morgan fingerprint density at radius 3 is 2.73 bits per heavy atom. The largest absolute Gasteiger partial charge is 0.282 e. The van der Waals surface area contributed by atoms with Gasteiger partial charge < -0.3 is 0 Å². The van der Waals surface area contributed by atoms with Gasteiger partial charge in [0.1, 0.15) is 0 Å². The van der Waals surface area contributed by atoms with Crippen molar-refractivity contribution in [2.45, 2.75) is 20.3 Å². The molecule has 4 heteroatoms. The molecule has 0 unspecified atom stereocenters. The second-order valence-corrected chi connectivity index (χ2v) is 2.54. The summed E-state index contributed by atoms with van der Waals surface area (Å²) >= 11 is 0. The van der Waals surface area contributed by atoms with Gasteiger partial charge in [-0.2, -0.15) is 10.2 Å². The van der Waals surface area contributed by atoms with E-state index in [1.807, 2.05) is 13.8 Å². The van der Waals surface area contributed by atoms with Gasteiger partial charge in [0, 0.05) is 5.69 Å². The molecule has 0 saturated carbocycles. The molecule has 0 radical (unpaired) electrons. The van der Waals surface area contributed by atoms with Gasteiger partial charge in [-0.25, -0.2) is 5.53 Å². The Morgan fingerprint density at radius 1 is 1.55 bits per heavy atom. The molecule has 0 amide bonds. The smallest absolute Gasteiger partial charge is 0.0638 e. The quantitative estimate of drug-likeness (QED) is 0.635. The molecule has 0 aromatic carbocycles. The molecule has 0 aliphatic carbocycles. The molecule has 4 nitrogen and oxygen atoms in total. The fraction of sp³-hybridized carbons (Fsp3) is 0.571. The average Bonchev–Trinajstić information content (AvgIpc) is 2.29. The summed E-state index contributed by atoms with van der Waals surface area (Å²) in [5, 5.41) is 10.2. The van der Waals surface area contributed by atoms with Gasteiger partial charge in [-0.15, -0.1) is 0 Å². The third kappa shape index (κ3) is 1.63. The van der Waals surface area contributed by atoms with Crippen LogP contribution < -0.4 is 0 Å². The van der Waals surface area contributed by atoms with Crippen LogP contribution in [0.2, 0.25) is 0 Å². The van der Waals surface area contributed by atoms with Crippen LogP contribution in [0.3, 0.4) is 0 Å². The third-order valence-corrected chi connectivity index (χ3v) is 1.75. The van der Waals surface area contributed by atoms with E-state index < -0.39 is 0 Å². The fourth-order valence-electron chi connectivity index (χ4n) is 1.11. The number of aromatic amines is 1. The van der Waals surface area contributed by atoms with Gasteiger partial charge >= 0.3 is 0 Å². The third-order valence-electron chi connectivity index (χ3n) is 1.75. The van der Waals surface area contributed by atoms with Crippen LogP contribution in [0.1, 0.15) is 17.0 Å². The van der Waals surface area contributed by atoms with Crippen LogP contribution in [0.15, 0.2) is 5.11 Å². The average molecular weight is 152 g/mol. The molecule has 0 saturated heterocycles. The number of nitrogens with zero attached hydrogens (tertiary/aromatic N) is 2. The highest BCUT2D eigenvalue weighted by atomic mass is 15.1. The predicted molar refractivity (Wildman–Crippen MR) is 41.8 cm³/mol. The van der Waals surface area contributed by atoms with Crippen LogP contribution in [0, 0.1) is 19.4 Å². The summed E-state index contributed by atoms with van der Waals surface area (Å²) in [6.07, 6.45) is 0.817. The maximum absolute atomic E-state index is 6.64. The van der Waals surface area contributed by atoms with E-state index in [0.29, 0.717) is 6.54 Å². The molecule has 60 valence electrons. The number of H-pyrrole nitrogens is 1. The number of hydrogen-bond donors (Lipinski definition) is 2. The molecule has 0 fully saturated rings. The minimum atomic E-state index is 0.557. The lowest BCUT2D eigenvalue weighted by Crippen LogP contribution is -1.91. The second-order valence-electron chi connectivity index (χ2n) is 2.54. The molecule has 0 aliphatic rings. The van der Waals surface area contributed by atoms with Crippen molar-refractivity contribution in [3.05, 3.63) is 17.0 Å². The van der Waals surface area contributed by atoms with E-state index in [1.54, 1.807) is 0 Å². The van der Waals surface area contributed by atoms with E-state index in [-0.39, 0.29) is 0 Å². The Morgan fingerprint density at radius 2 is 2.27 bits per heavy atom. The summed E-state index contributed by atoms with van der Waals surface area (Å²) < 4.78 is 0. The van der Waals surface area contributed by atoms with E-state index in [1.165, 1.54) is 5.56 Å². The number of aromatic nitrogens is 2. The van der Waals surface area contributed by atoms with Crippen molar-refractivity contribution in [2.24, 2.45) is 5.11 Å². The van der Waals surface area contributed by atoms with Crippen molar-refractivity contribution in [1.29, 1.82) is 5.53 Å². The highest BCUT2D eigenvalue weighted by molar-refractivity contribution is 5.23. The van der Waals surface area contributed by atoms with Crippen molar-refractivity contribution in [1.82, 2.24) is 10.2 Å². The Bertz CT molecular complexity index is 231. The van der Waals surface area contributed by atoms with Crippen LogP contribution in [0.4, 0.5) is 0 Å². The molecule has 0 atom stereocenters. The van der Waals surface area contributed by atoms with Crippen molar-refractivity contribution in [2.75, 3.05) is 6.54 Å². The number of nitrogens with one attached hydrogen (secondary N) is 2. The highest BCUT2D eigenvalue weighted by Gasteiger charge is 2.04. The van der Waals surface area contributed by atoms with E-state index >= 15 is 0 Å². The molecule has 1 heterocycles. The molecular formula is C7H12N4. The lowest BCUT2D eigenvalue weighted by atomic mass is 10.1. The zero-order chi connectivity index (χ0) is 8.27. The molecule has 0 bridgehead atoms. The number of aryl methyl sites for hydroxylation is 2. The first kappa shape index (κ1) is 7.91. The topological polar surface area (TPSA) is 64.9 Å². The second kappa shape index (κ2) is 3.27. The Kier molecular flexibility index (Phi) is 2.36. The van der Waals surface area contributed by atoms with Gasteiger partial charge in [0.05, 0.1) is 12.2 Å². The maximum atomic E-state index is 6.64. The molecule has 11 heavy (non-hydrogen) atoms. The normalized spacial score (nSPS) is 10.0. The molecule has 0 aliphatic heterocycles. The summed E-state index contributed by atoms with van der Waals surface area (Å²) in [4.78, 5) is 0. The summed E-state index contributed by atoms with van der Waals surface area (Å²) in [6.45, 7) is 4.50. The lowest BCUT2D eigenvalue weighted by molar-refractivity contribution is 0.858. The molecule has 2 N–H and O–H groups in total. The molecule has 0 spiro atoms. The Labute approximate surface area is 65.5 Å². The summed E-state index contributed by atoms with van der Waals surface area (Å²) in [6, 6.07) is 0. The van der Waals surface area contributed by atoms with Crippen LogP contribution >= 0.6 is 0 Å². The van der Waals surface area contributed by atoms with Crippen molar-refractivity contribution < 1.29 is 0 Å². The summed E-state index contributed by atoms with van der Waals surface area (Å²) in [5.74, 6) is 0. The van der Waals surface area contributed by atoms with Gasteiger partial charge in [-0.1, -0.05) is 0 Å². The van der Waals surface area contributed by atoms with Gasteiger partial charge in [-0.05, 0) is 25.8 Å². The molecule has 1 aromatic heterocycles. The van der Waals surface area contributed by atoms with Crippen LogP contribution in [-0.2, 0) is 6.42 Å². The van der Waals surface area contributed by atoms with E-state index in [0.717, 1.165) is 17.8 Å². The van der Waals surface area contributed by atoms with Gasteiger partial charge in [-0.3, -0.25) is 5.10 Å². The van der Waals surface area contributed by atoms with E-state index in [4.69, 9.17) is 5.53 Å². The van der Waals surface area contributed by atoms with E-state index in [9.17, 15) is 0 Å². The van der Waals surface area contributed by atoms with Crippen LogP contribution in [0.5, 0.6) is 0 Å². The standard InChI is InChI=1S/C7H12N4/c1-5-7(3-4-9-8)6(2)11-10-5/h8H,3-4H2,1-2H3,(H,10,11). The zero-order valence-corrected chi connectivity index (χ0v) is 6.81. The molecule has 1 rings (SSSR count). The predicted octanol–water partition coefficient (Wildman–Crippen LogP) is 1.60. The van der Waals surface area contributed by atoms with Gasteiger partial charge in [0.15, 0.2) is 0 Å².